The molecule has 1 fully saturated rings. The van der Waals surface area contributed by atoms with Gasteiger partial charge in [0.1, 0.15) is 17.2 Å². The third-order valence-corrected chi connectivity index (χ3v) is 5.23. The van der Waals surface area contributed by atoms with E-state index in [9.17, 15) is 4.79 Å². The second kappa shape index (κ2) is 8.93. The van der Waals surface area contributed by atoms with E-state index in [2.05, 4.69) is 15.6 Å². The third-order valence-electron chi connectivity index (χ3n) is 4.70. The van der Waals surface area contributed by atoms with Gasteiger partial charge in [-0.15, -0.1) is 0 Å². The quantitative estimate of drug-likeness (QED) is 0.247. The van der Waals surface area contributed by atoms with Crippen molar-refractivity contribution in [2.45, 2.75) is 18.9 Å². The molecule has 160 valence electrons. The molecule has 1 aromatic heterocycles. The first kappa shape index (κ1) is 21.1. The van der Waals surface area contributed by atoms with Gasteiger partial charge in [0.05, 0.1) is 28.9 Å². The van der Waals surface area contributed by atoms with E-state index in [0.717, 1.165) is 12.8 Å². The number of ether oxygens (including phenoxy) is 2. The van der Waals surface area contributed by atoms with E-state index in [4.69, 9.17) is 38.5 Å². The maximum absolute atomic E-state index is 12.0. The fourth-order valence-electron chi connectivity index (χ4n) is 3.00. The lowest BCUT2D eigenvalue weighted by molar-refractivity contribution is 0.0703. The minimum absolute atomic E-state index is 0.143. The largest absolute Gasteiger partial charge is 0.496 e. The molecule has 8 nitrogen and oxygen atoms in total. The highest BCUT2D eigenvalue weighted by atomic mass is 35.5. The van der Waals surface area contributed by atoms with Gasteiger partial charge in [-0.3, -0.25) is 15.0 Å². The molecule has 0 bridgehead atoms. The number of hydrogen-bond acceptors (Lipinski definition) is 6. The number of fused-ring (bicyclic) bond motifs is 1. The molecule has 0 atom stereocenters. The summed E-state index contributed by atoms with van der Waals surface area (Å²) in [6, 6.07) is 10.5. The molecule has 3 aromatic rings. The van der Waals surface area contributed by atoms with Gasteiger partial charge in [-0.2, -0.15) is 0 Å². The number of aromatic nitrogens is 1. The van der Waals surface area contributed by atoms with Crippen molar-refractivity contribution in [1.29, 1.82) is 0 Å². The van der Waals surface area contributed by atoms with Gasteiger partial charge in [-0.1, -0.05) is 11.6 Å². The van der Waals surface area contributed by atoms with E-state index >= 15 is 0 Å². The Morgan fingerprint density at radius 1 is 1.23 bits per heavy atom. The molecule has 0 spiro atoms. The molecule has 10 heteroatoms. The monoisotopic (exact) mass is 458 g/mol. The number of anilines is 1. The average Bonchev–Trinajstić information content (AvgIpc) is 3.58. The van der Waals surface area contributed by atoms with Crippen LogP contribution in [-0.4, -0.2) is 34.4 Å². The highest BCUT2D eigenvalue weighted by molar-refractivity contribution is 7.80. The molecule has 2 aromatic carbocycles. The summed E-state index contributed by atoms with van der Waals surface area (Å²) in [5.74, 6) is 0.524. The molecule has 1 aliphatic carbocycles. The van der Waals surface area contributed by atoms with Crippen LogP contribution in [-0.2, 0) is 0 Å². The molecular weight excluding hydrogens is 440 g/mol. The van der Waals surface area contributed by atoms with Crippen LogP contribution in [0.3, 0.4) is 0 Å². The van der Waals surface area contributed by atoms with Crippen molar-refractivity contribution in [3.05, 3.63) is 53.2 Å². The molecule has 1 saturated carbocycles. The van der Waals surface area contributed by atoms with E-state index in [1.165, 1.54) is 7.11 Å². The second-order valence-corrected chi connectivity index (χ2v) is 7.75. The predicted molar refractivity (Wildman–Crippen MR) is 121 cm³/mol. The fraction of sp³-hybridized carbons (Fsp3) is 0.190. The minimum atomic E-state index is -0.706. The Balaban J connectivity index is 1.61. The van der Waals surface area contributed by atoms with Crippen molar-refractivity contribution in [2.24, 2.45) is 0 Å². The zero-order valence-corrected chi connectivity index (χ0v) is 18.0. The zero-order valence-electron chi connectivity index (χ0n) is 16.4. The summed E-state index contributed by atoms with van der Waals surface area (Å²) in [5, 5.41) is 16.8. The summed E-state index contributed by atoms with van der Waals surface area (Å²) in [6.45, 7) is 0. The Morgan fingerprint density at radius 3 is 2.71 bits per heavy atom. The third kappa shape index (κ3) is 4.79. The Hall–Kier alpha value is -3.14. The number of thiocarbonyl (C=S) groups is 1. The van der Waals surface area contributed by atoms with E-state index < -0.39 is 5.91 Å². The van der Waals surface area contributed by atoms with Crippen molar-refractivity contribution in [3.63, 3.8) is 0 Å². The van der Waals surface area contributed by atoms with Crippen LogP contribution >= 0.6 is 23.8 Å². The molecule has 31 heavy (non-hydrogen) atoms. The molecule has 1 aliphatic rings. The number of halogens is 1. The van der Waals surface area contributed by atoms with Gasteiger partial charge in [-0.25, -0.2) is 5.48 Å². The summed E-state index contributed by atoms with van der Waals surface area (Å²) < 4.78 is 11.2. The smallest absolute Gasteiger partial charge is 0.278 e. The van der Waals surface area contributed by atoms with Gasteiger partial charge in [0.25, 0.3) is 5.91 Å². The van der Waals surface area contributed by atoms with E-state index in [0.29, 0.717) is 44.3 Å². The number of rotatable bonds is 6. The van der Waals surface area contributed by atoms with Crippen LogP contribution in [0.25, 0.3) is 10.9 Å². The van der Waals surface area contributed by atoms with E-state index in [-0.39, 0.29) is 11.3 Å². The molecule has 0 unspecified atom stereocenters. The first-order valence-electron chi connectivity index (χ1n) is 9.44. The number of amides is 1. The molecule has 1 heterocycles. The van der Waals surface area contributed by atoms with Crippen molar-refractivity contribution >= 4 is 51.4 Å². The van der Waals surface area contributed by atoms with E-state index in [1.54, 1.807) is 48.1 Å². The van der Waals surface area contributed by atoms with Crippen molar-refractivity contribution in [3.8, 4) is 17.2 Å². The lowest BCUT2D eigenvalue weighted by atomic mass is 10.1. The molecule has 4 N–H and O–H groups in total. The highest BCUT2D eigenvalue weighted by Crippen LogP contribution is 2.35. The van der Waals surface area contributed by atoms with Crippen molar-refractivity contribution in [2.75, 3.05) is 12.4 Å². The van der Waals surface area contributed by atoms with Gasteiger partial charge in [0.15, 0.2) is 5.11 Å². The molecule has 0 aliphatic heterocycles. The maximum Gasteiger partial charge on any atom is 0.278 e. The second-order valence-electron chi connectivity index (χ2n) is 6.94. The van der Waals surface area contributed by atoms with Crippen LogP contribution in [0.2, 0.25) is 5.02 Å². The summed E-state index contributed by atoms with van der Waals surface area (Å²) in [6.07, 6.45) is 3.83. The molecule has 1 amide bonds. The number of hydrogen-bond donors (Lipinski definition) is 4. The Kier molecular flexibility index (Phi) is 6.08. The number of carbonyl (C=O) groups excluding carboxylic acids is 1. The van der Waals surface area contributed by atoms with Gasteiger partial charge < -0.3 is 20.1 Å². The number of methoxy groups -OCH3 is 1. The first-order chi connectivity index (χ1) is 15.0. The van der Waals surface area contributed by atoms with Crippen LogP contribution in [0, 0.1) is 0 Å². The molecular formula is C21H19ClN4O4S. The lowest BCUT2D eigenvalue weighted by Crippen LogP contribution is -2.30. The summed E-state index contributed by atoms with van der Waals surface area (Å²) in [5.41, 5.74) is 2.98. The predicted octanol–water partition coefficient (Wildman–Crippen LogP) is 4.26. The fourth-order valence-corrected chi connectivity index (χ4v) is 3.50. The Morgan fingerprint density at radius 2 is 2.03 bits per heavy atom. The van der Waals surface area contributed by atoms with Crippen LogP contribution < -0.4 is 25.6 Å². The number of nitrogens with one attached hydrogen (secondary N) is 3. The van der Waals surface area contributed by atoms with E-state index in [1.807, 2.05) is 0 Å². The number of benzene rings is 2. The van der Waals surface area contributed by atoms with Crippen molar-refractivity contribution in [1.82, 2.24) is 15.8 Å². The zero-order chi connectivity index (χ0) is 22.0. The number of pyridine rings is 1. The highest BCUT2D eigenvalue weighted by Gasteiger charge is 2.22. The lowest BCUT2D eigenvalue weighted by Gasteiger charge is -2.14. The maximum atomic E-state index is 12.0. The van der Waals surface area contributed by atoms with Gasteiger partial charge >= 0.3 is 0 Å². The molecule has 0 radical (unpaired) electrons. The van der Waals surface area contributed by atoms with Gasteiger partial charge in [0, 0.05) is 29.8 Å². The number of carbonyl (C=O) groups is 1. The topological polar surface area (TPSA) is 105 Å². The SMILES string of the molecule is COc1cc2nccc(Oc3ccc(NC(=S)NC4CC4)c(Cl)c3)c2cc1C(=O)NO. The minimum Gasteiger partial charge on any atom is -0.496 e. The van der Waals surface area contributed by atoms with Gasteiger partial charge in [-0.05, 0) is 49.3 Å². The molecule has 4 rings (SSSR count). The van der Waals surface area contributed by atoms with Crippen molar-refractivity contribution < 1.29 is 19.5 Å². The average molecular weight is 459 g/mol. The number of nitrogens with zero attached hydrogens (tertiary/aromatic N) is 1. The molecule has 0 saturated heterocycles. The van der Waals surface area contributed by atoms with Crippen LogP contribution in [0.1, 0.15) is 23.2 Å². The van der Waals surface area contributed by atoms with Crippen LogP contribution in [0.4, 0.5) is 5.69 Å². The summed E-state index contributed by atoms with van der Waals surface area (Å²) >= 11 is 11.7. The van der Waals surface area contributed by atoms with Crippen LogP contribution in [0.5, 0.6) is 17.2 Å². The number of hydroxylamine groups is 1. The van der Waals surface area contributed by atoms with Gasteiger partial charge in [0.2, 0.25) is 0 Å². The Labute approximate surface area is 188 Å². The summed E-state index contributed by atoms with van der Waals surface area (Å²) in [4.78, 5) is 16.3. The first-order valence-corrected chi connectivity index (χ1v) is 10.2. The standard InChI is InChI=1S/C21H19ClN4O4S/c1-29-19-10-17-13(9-14(19)20(27)26-28)18(6-7-23-17)30-12-4-5-16(15(22)8-12)25-21(31)24-11-2-3-11/h4-11,28H,2-3H2,1H3,(H,26,27)(H2,24,25,31). The normalized spacial score (nSPS) is 12.9. The van der Waals surface area contributed by atoms with Crippen LogP contribution in [0.15, 0.2) is 42.6 Å². The Bertz CT molecular complexity index is 1170. The summed E-state index contributed by atoms with van der Waals surface area (Å²) in [7, 11) is 1.43.